The number of rotatable bonds is 11. The molecule has 2 saturated heterocycles. The van der Waals surface area contributed by atoms with Crippen LogP contribution in [0.1, 0.15) is 0 Å². The van der Waals surface area contributed by atoms with E-state index in [0.29, 0.717) is 0 Å². The van der Waals surface area contributed by atoms with Crippen LogP contribution in [0.2, 0.25) is 0 Å². The molecule has 16 heteroatoms. The van der Waals surface area contributed by atoms with Gasteiger partial charge in [-0.1, -0.05) is 0 Å². The zero-order chi connectivity index (χ0) is 25.7. The van der Waals surface area contributed by atoms with E-state index in [-0.39, 0.29) is 0 Å². The van der Waals surface area contributed by atoms with Gasteiger partial charge in [-0.05, 0) is 0 Å². The Labute approximate surface area is 195 Å². The fraction of sp³-hybridized carbons (Fsp3) is 1.00. The monoisotopic (exact) mass is 503 g/mol. The minimum absolute atomic E-state index is 0.666. The minimum atomic E-state index is -1.67. The summed E-state index contributed by atoms with van der Waals surface area (Å²) >= 11 is 0. The third kappa shape index (κ3) is 6.37. The van der Waals surface area contributed by atoms with Gasteiger partial charge in [0.05, 0.1) is 44.6 Å². The molecule has 0 bridgehead atoms. The Morgan fingerprint density at radius 1 is 0.765 bits per heavy atom. The van der Waals surface area contributed by atoms with Crippen molar-refractivity contribution < 1.29 is 64.9 Å². The van der Waals surface area contributed by atoms with Gasteiger partial charge in [-0.2, -0.15) is 0 Å². The van der Waals surface area contributed by atoms with Crippen molar-refractivity contribution in [3.63, 3.8) is 0 Å². The zero-order valence-corrected chi connectivity index (χ0v) is 18.3. The Balaban J connectivity index is 2.17. The summed E-state index contributed by atoms with van der Waals surface area (Å²) in [6, 6.07) is -3.96. The molecule has 0 radical (unpaired) electrons. The van der Waals surface area contributed by atoms with E-state index in [2.05, 4.69) is 0 Å². The summed E-state index contributed by atoms with van der Waals surface area (Å²) < 4.78 is 22.0. The molecule has 0 spiro atoms. The van der Waals surface area contributed by atoms with E-state index in [0.717, 1.165) is 0 Å². The van der Waals surface area contributed by atoms with Crippen LogP contribution in [0.15, 0.2) is 0 Å². The fourth-order valence-electron chi connectivity index (χ4n) is 3.77. The maximum Gasteiger partial charge on any atom is 0.176 e. The van der Waals surface area contributed by atoms with Crippen molar-refractivity contribution in [1.82, 2.24) is 0 Å². The van der Waals surface area contributed by atoms with Crippen LogP contribution in [0.25, 0.3) is 0 Å². The lowest BCUT2D eigenvalue weighted by molar-refractivity contribution is -0.338. The number of hydrogen-bond acceptors (Lipinski definition) is 16. The molecule has 0 saturated carbocycles. The van der Waals surface area contributed by atoms with Gasteiger partial charge in [0.25, 0.3) is 0 Å². The Morgan fingerprint density at radius 3 is 1.85 bits per heavy atom. The Morgan fingerprint density at radius 2 is 1.32 bits per heavy atom. The van der Waals surface area contributed by atoms with E-state index in [1.807, 2.05) is 0 Å². The first-order valence-corrected chi connectivity index (χ1v) is 10.7. The highest BCUT2D eigenvalue weighted by atomic mass is 16.7. The van der Waals surface area contributed by atoms with Crippen LogP contribution in [0.5, 0.6) is 0 Å². The van der Waals surface area contributed by atoms with Crippen molar-refractivity contribution in [2.75, 3.05) is 26.4 Å². The highest BCUT2D eigenvalue weighted by molar-refractivity contribution is 4.97. The van der Waals surface area contributed by atoms with Crippen LogP contribution in [0.3, 0.4) is 0 Å². The second kappa shape index (κ2) is 13.1. The van der Waals surface area contributed by atoms with E-state index in [1.54, 1.807) is 0 Å². The van der Waals surface area contributed by atoms with Gasteiger partial charge in [-0.3, -0.25) is 0 Å². The van der Waals surface area contributed by atoms with E-state index < -0.39 is 112 Å². The van der Waals surface area contributed by atoms with Gasteiger partial charge in [0.15, 0.2) is 12.6 Å². The molecule has 202 valence electrons. The van der Waals surface area contributed by atoms with Crippen LogP contribution in [0, 0.1) is 0 Å². The van der Waals surface area contributed by atoms with Gasteiger partial charge in [0, 0.05) is 0 Å². The van der Waals surface area contributed by atoms with E-state index in [1.165, 1.54) is 0 Å². The number of ether oxygens (including phenoxy) is 4. The predicted octanol–water partition coefficient (Wildman–Crippen LogP) is -8.04. The molecule has 34 heavy (non-hydrogen) atoms. The normalized spacial score (nSPS) is 42.7. The van der Waals surface area contributed by atoms with Crippen molar-refractivity contribution in [2.24, 2.45) is 17.2 Å². The number of hydrogen-bond donors (Lipinski definition) is 12. The first-order chi connectivity index (χ1) is 16.0. The second-order valence-corrected chi connectivity index (χ2v) is 8.37. The van der Waals surface area contributed by atoms with E-state index in [9.17, 15) is 46.0 Å². The summed E-state index contributed by atoms with van der Waals surface area (Å²) in [6.45, 7) is -2.93. The number of aliphatic hydroxyl groups excluding tert-OH is 9. The van der Waals surface area contributed by atoms with Crippen molar-refractivity contribution in [2.45, 2.75) is 85.6 Å². The van der Waals surface area contributed by atoms with Crippen LogP contribution in [0.4, 0.5) is 0 Å². The molecule has 2 fully saturated rings. The molecule has 6 unspecified atom stereocenters. The van der Waals surface area contributed by atoms with Crippen LogP contribution >= 0.6 is 0 Å². The molecular formula is C18H37N3O13. The average Bonchev–Trinajstić information content (AvgIpc) is 2.84. The molecule has 16 nitrogen and oxygen atoms in total. The Hall–Kier alpha value is -0.640. The zero-order valence-electron chi connectivity index (χ0n) is 18.3. The first kappa shape index (κ1) is 29.6. The summed E-state index contributed by atoms with van der Waals surface area (Å²) in [4.78, 5) is 0. The molecule has 2 rings (SSSR count). The summed E-state index contributed by atoms with van der Waals surface area (Å²) in [5.74, 6) is 0. The number of nitrogens with two attached hydrogens (primary N) is 3. The van der Waals surface area contributed by atoms with Crippen molar-refractivity contribution in [1.29, 1.82) is 0 Å². The SMILES string of the molecule is NC1[C@H](O[C@H]2C(CO)O[C@@H](O[C@@H](C(O)CO)[C@H](O)C(N)CO)C(N)[C@H]2O)OC(CO)[C@H](O)[C@@H]1O. The lowest BCUT2D eigenvalue weighted by Crippen LogP contribution is -2.68. The minimum Gasteiger partial charge on any atom is -0.395 e. The molecule has 0 aromatic rings. The highest BCUT2D eigenvalue weighted by Gasteiger charge is 2.50. The number of aliphatic hydroxyl groups is 9. The van der Waals surface area contributed by atoms with E-state index >= 15 is 0 Å². The standard InChI is InChI=1S/C18H37N3O13/c19-5(1-22)11(27)15(6(26)2-23)33-18-10(21)14(30)16(8(4-25)32-18)34-17-9(20)13(29)12(28)7(3-24)31-17/h5-18,22-30H,1-4,19-21H2/t5?,6?,7?,8?,9?,10?,11-,12+,13-,14-,15+,16+,17+,18+/m1/s1. The molecule has 15 N–H and O–H groups in total. The van der Waals surface area contributed by atoms with E-state index in [4.69, 9.17) is 36.1 Å². The molecule has 2 heterocycles. The molecule has 0 aromatic carbocycles. The Bertz CT molecular complexity index is 605. The maximum atomic E-state index is 10.8. The molecule has 14 atom stereocenters. The van der Waals surface area contributed by atoms with Gasteiger partial charge in [-0.15, -0.1) is 0 Å². The maximum absolute atomic E-state index is 10.8. The van der Waals surface area contributed by atoms with Gasteiger partial charge in [0.2, 0.25) is 0 Å². The van der Waals surface area contributed by atoms with Crippen molar-refractivity contribution in [3.8, 4) is 0 Å². The molecular weight excluding hydrogens is 466 g/mol. The third-order valence-electron chi connectivity index (χ3n) is 5.96. The fourth-order valence-corrected chi connectivity index (χ4v) is 3.77. The summed E-state index contributed by atoms with van der Waals surface area (Å²) in [5.41, 5.74) is 17.4. The van der Waals surface area contributed by atoms with Crippen LogP contribution < -0.4 is 17.2 Å². The summed E-state index contributed by atoms with van der Waals surface area (Å²) in [7, 11) is 0. The van der Waals surface area contributed by atoms with Crippen LogP contribution in [-0.4, -0.2) is 158 Å². The Kier molecular flexibility index (Phi) is 11.4. The summed E-state index contributed by atoms with van der Waals surface area (Å²) in [5, 5.41) is 88.6. The molecule has 0 aromatic heterocycles. The van der Waals surface area contributed by atoms with Gasteiger partial charge in [-0.25, -0.2) is 0 Å². The van der Waals surface area contributed by atoms with Crippen LogP contribution in [-0.2, 0) is 18.9 Å². The van der Waals surface area contributed by atoms with Gasteiger partial charge < -0.3 is 82.1 Å². The highest BCUT2D eigenvalue weighted by Crippen LogP contribution is 2.29. The van der Waals surface area contributed by atoms with Gasteiger partial charge in [0.1, 0.15) is 54.9 Å². The lowest BCUT2D eigenvalue weighted by Gasteiger charge is -2.47. The smallest absolute Gasteiger partial charge is 0.176 e. The average molecular weight is 504 g/mol. The quantitative estimate of drug-likeness (QED) is 0.124. The third-order valence-corrected chi connectivity index (χ3v) is 5.96. The van der Waals surface area contributed by atoms with Crippen molar-refractivity contribution in [3.05, 3.63) is 0 Å². The first-order valence-electron chi connectivity index (χ1n) is 10.7. The summed E-state index contributed by atoms with van der Waals surface area (Å²) in [6.07, 6.45) is -16.5. The molecule has 0 amide bonds. The second-order valence-electron chi connectivity index (χ2n) is 8.37. The predicted molar refractivity (Wildman–Crippen MR) is 109 cm³/mol. The largest absolute Gasteiger partial charge is 0.395 e. The topological polar surface area (TPSA) is 297 Å². The van der Waals surface area contributed by atoms with Gasteiger partial charge >= 0.3 is 0 Å². The molecule has 0 aliphatic carbocycles. The molecule has 2 aliphatic heterocycles. The van der Waals surface area contributed by atoms with Crippen molar-refractivity contribution >= 4 is 0 Å². The molecule has 2 aliphatic rings. The lowest BCUT2D eigenvalue weighted by atomic mass is 9.95.